The van der Waals surface area contributed by atoms with Crippen LogP contribution in [-0.4, -0.2) is 15.0 Å². The average molecular weight is 243 g/mol. The lowest BCUT2D eigenvalue weighted by Gasteiger charge is -2.05. The highest BCUT2D eigenvalue weighted by atomic mass is 32.2. The number of rotatable bonds is 6. The molecule has 0 aliphatic heterocycles. The summed E-state index contributed by atoms with van der Waals surface area (Å²) in [6.07, 6.45) is 3.18. The van der Waals surface area contributed by atoms with E-state index in [1.807, 2.05) is 0 Å². The zero-order chi connectivity index (χ0) is 12.0. The Morgan fingerprint density at radius 1 is 1.31 bits per heavy atom. The van der Waals surface area contributed by atoms with Crippen molar-refractivity contribution in [2.24, 2.45) is 0 Å². The van der Waals surface area contributed by atoms with Gasteiger partial charge in [-0.3, -0.25) is 0 Å². The summed E-state index contributed by atoms with van der Waals surface area (Å²) >= 11 is 0. The topological polar surface area (TPSA) is 46.2 Å². The molecule has 0 spiro atoms. The SMILES string of the molecule is C=CCCCNS(=O)(=O)c1ccc(F)cc1. The van der Waals surface area contributed by atoms with E-state index in [2.05, 4.69) is 11.3 Å². The van der Waals surface area contributed by atoms with Crippen LogP contribution < -0.4 is 4.72 Å². The van der Waals surface area contributed by atoms with Gasteiger partial charge in [-0.2, -0.15) is 0 Å². The van der Waals surface area contributed by atoms with E-state index in [9.17, 15) is 12.8 Å². The van der Waals surface area contributed by atoms with E-state index >= 15 is 0 Å². The maximum atomic E-state index is 12.6. The second-order valence-corrected chi connectivity index (χ2v) is 5.05. The van der Waals surface area contributed by atoms with Gasteiger partial charge in [0.2, 0.25) is 10.0 Å². The fraction of sp³-hybridized carbons (Fsp3) is 0.273. The van der Waals surface area contributed by atoms with E-state index in [4.69, 9.17) is 0 Å². The second kappa shape index (κ2) is 5.77. The molecule has 0 unspecified atom stereocenters. The van der Waals surface area contributed by atoms with Crippen LogP contribution in [0.1, 0.15) is 12.8 Å². The van der Waals surface area contributed by atoms with E-state index < -0.39 is 15.8 Å². The third-order valence-electron chi connectivity index (χ3n) is 2.00. The molecule has 0 atom stereocenters. The van der Waals surface area contributed by atoms with Gasteiger partial charge in [-0.1, -0.05) is 6.08 Å². The third kappa shape index (κ3) is 3.75. The number of allylic oxidation sites excluding steroid dienone is 1. The number of hydrogen-bond donors (Lipinski definition) is 1. The van der Waals surface area contributed by atoms with E-state index in [-0.39, 0.29) is 4.90 Å². The molecule has 0 saturated heterocycles. The fourth-order valence-corrected chi connectivity index (χ4v) is 2.22. The maximum absolute atomic E-state index is 12.6. The Morgan fingerprint density at radius 3 is 2.50 bits per heavy atom. The van der Waals surface area contributed by atoms with E-state index in [0.717, 1.165) is 18.6 Å². The lowest BCUT2D eigenvalue weighted by molar-refractivity contribution is 0.578. The summed E-state index contributed by atoms with van der Waals surface area (Å²) < 4.78 is 38.3. The molecule has 0 fully saturated rings. The zero-order valence-electron chi connectivity index (χ0n) is 8.82. The van der Waals surface area contributed by atoms with Crippen molar-refractivity contribution < 1.29 is 12.8 Å². The first kappa shape index (κ1) is 12.9. The van der Waals surface area contributed by atoms with Crippen molar-refractivity contribution in [1.29, 1.82) is 0 Å². The number of nitrogens with one attached hydrogen (secondary N) is 1. The monoisotopic (exact) mass is 243 g/mol. The molecule has 1 aromatic carbocycles. The largest absolute Gasteiger partial charge is 0.240 e. The van der Waals surface area contributed by atoms with E-state index in [0.29, 0.717) is 13.0 Å². The van der Waals surface area contributed by atoms with Crippen LogP contribution in [0, 0.1) is 5.82 Å². The zero-order valence-corrected chi connectivity index (χ0v) is 9.63. The summed E-state index contributed by atoms with van der Waals surface area (Å²) in [5.41, 5.74) is 0. The fourth-order valence-electron chi connectivity index (χ4n) is 1.15. The number of benzene rings is 1. The molecule has 0 aliphatic carbocycles. The van der Waals surface area contributed by atoms with Gasteiger partial charge in [0.05, 0.1) is 4.90 Å². The van der Waals surface area contributed by atoms with Gasteiger partial charge in [-0.15, -0.1) is 6.58 Å². The molecule has 0 radical (unpaired) electrons. The molecule has 0 heterocycles. The Hall–Kier alpha value is -1.20. The Bertz CT molecular complexity index is 440. The van der Waals surface area contributed by atoms with Gasteiger partial charge in [0, 0.05) is 6.54 Å². The first-order chi connectivity index (χ1) is 7.56. The van der Waals surface area contributed by atoms with Crippen LogP contribution in [0.4, 0.5) is 4.39 Å². The summed E-state index contributed by atoms with van der Waals surface area (Å²) in [5, 5.41) is 0. The first-order valence-corrected chi connectivity index (χ1v) is 6.41. The van der Waals surface area contributed by atoms with Crippen molar-refractivity contribution in [2.45, 2.75) is 17.7 Å². The summed E-state index contributed by atoms with van der Waals surface area (Å²) in [7, 11) is -3.51. The minimum Gasteiger partial charge on any atom is -0.211 e. The average Bonchev–Trinajstić information content (AvgIpc) is 2.25. The van der Waals surface area contributed by atoms with Crippen molar-refractivity contribution in [3.8, 4) is 0 Å². The van der Waals surface area contributed by atoms with Crippen LogP contribution in [-0.2, 0) is 10.0 Å². The first-order valence-electron chi connectivity index (χ1n) is 4.92. The smallest absolute Gasteiger partial charge is 0.211 e. The Morgan fingerprint density at radius 2 is 1.94 bits per heavy atom. The predicted octanol–water partition coefficient (Wildman–Crippen LogP) is 2.07. The maximum Gasteiger partial charge on any atom is 0.240 e. The van der Waals surface area contributed by atoms with Crippen molar-refractivity contribution in [2.75, 3.05) is 6.54 Å². The minimum absolute atomic E-state index is 0.0764. The Labute approximate surface area is 95.0 Å². The van der Waals surface area contributed by atoms with Crippen LogP contribution in [0.3, 0.4) is 0 Å². The highest BCUT2D eigenvalue weighted by Gasteiger charge is 2.12. The number of hydrogen-bond acceptors (Lipinski definition) is 2. The molecule has 5 heteroatoms. The van der Waals surface area contributed by atoms with Crippen LogP contribution in [0.5, 0.6) is 0 Å². The number of halogens is 1. The molecule has 1 aromatic rings. The van der Waals surface area contributed by atoms with E-state index in [1.165, 1.54) is 12.1 Å². The predicted molar refractivity (Wildman–Crippen MR) is 61.0 cm³/mol. The standard InChI is InChI=1S/C11H14FNO2S/c1-2-3-4-9-13-16(14,15)11-7-5-10(12)6-8-11/h2,5-8,13H,1,3-4,9H2. The molecule has 16 heavy (non-hydrogen) atoms. The Balaban J connectivity index is 2.63. The van der Waals surface area contributed by atoms with Gasteiger partial charge < -0.3 is 0 Å². The van der Waals surface area contributed by atoms with Crippen LogP contribution in [0.2, 0.25) is 0 Å². The summed E-state index contributed by atoms with van der Waals surface area (Å²) in [4.78, 5) is 0.0764. The van der Waals surface area contributed by atoms with E-state index in [1.54, 1.807) is 6.08 Å². The highest BCUT2D eigenvalue weighted by molar-refractivity contribution is 7.89. The number of sulfonamides is 1. The molecule has 0 bridgehead atoms. The van der Waals surface area contributed by atoms with Crippen molar-refractivity contribution >= 4 is 10.0 Å². The molecular formula is C11H14FNO2S. The van der Waals surface area contributed by atoms with Gasteiger partial charge in [0.1, 0.15) is 5.82 Å². The highest BCUT2D eigenvalue weighted by Crippen LogP contribution is 2.09. The molecular weight excluding hydrogens is 229 g/mol. The van der Waals surface area contributed by atoms with Gasteiger partial charge in [0.25, 0.3) is 0 Å². The van der Waals surface area contributed by atoms with Crippen molar-refractivity contribution in [3.63, 3.8) is 0 Å². The summed E-state index contributed by atoms with van der Waals surface area (Å²) in [6.45, 7) is 3.90. The molecule has 1 rings (SSSR count). The van der Waals surface area contributed by atoms with Gasteiger partial charge in [-0.25, -0.2) is 17.5 Å². The normalized spacial score (nSPS) is 11.3. The molecule has 0 amide bonds. The van der Waals surface area contributed by atoms with Crippen molar-refractivity contribution in [1.82, 2.24) is 4.72 Å². The summed E-state index contributed by atoms with van der Waals surface area (Å²) in [6, 6.07) is 4.73. The third-order valence-corrected chi connectivity index (χ3v) is 3.48. The van der Waals surface area contributed by atoms with Crippen LogP contribution in [0.15, 0.2) is 41.8 Å². The lowest BCUT2D eigenvalue weighted by Crippen LogP contribution is -2.24. The van der Waals surface area contributed by atoms with Gasteiger partial charge in [0.15, 0.2) is 0 Å². The van der Waals surface area contributed by atoms with Crippen molar-refractivity contribution in [3.05, 3.63) is 42.7 Å². The van der Waals surface area contributed by atoms with Gasteiger partial charge >= 0.3 is 0 Å². The van der Waals surface area contributed by atoms with Crippen LogP contribution >= 0.6 is 0 Å². The molecule has 0 saturated carbocycles. The number of unbranched alkanes of at least 4 members (excludes halogenated alkanes) is 1. The molecule has 0 aliphatic rings. The summed E-state index contributed by atoms with van der Waals surface area (Å²) in [5.74, 6) is -0.453. The quantitative estimate of drug-likeness (QED) is 0.614. The molecule has 0 aromatic heterocycles. The molecule has 1 N–H and O–H groups in total. The van der Waals surface area contributed by atoms with Crippen LogP contribution in [0.25, 0.3) is 0 Å². The molecule has 88 valence electrons. The minimum atomic E-state index is -3.51. The molecule has 3 nitrogen and oxygen atoms in total. The lowest BCUT2D eigenvalue weighted by atomic mass is 10.3. The second-order valence-electron chi connectivity index (χ2n) is 3.28. The van der Waals surface area contributed by atoms with Gasteiger partial charge in [-0.05, 0) is 37.1 Å². The Kier molecular flexibility index (Phi) is 4.64.